The monoisotopic (exact) mass is 289 g/mol. The van der Waals surface area contributed by atoms with E-state index in [0.717, 1.165) is 37.2 Å². The topological polar surface area (TPSA) is 21.3 Å². The number of ether oxygens (including phenoxy) is 1. The fourth-order valence-corrected chi connectivity index (χ4v) is 3.34. The molecule has 1 fully saturated rings. The Bertz CT molecular complexity index is 370. The van der Waals surface area contributed by atoms with Gasteiger partial charge in [-0.25, -0.2) is 0 Å². The first-order valence-electron chi connectivity index (χ1n) is 8.70. The molecule has 21 heavy (non-hydrogen) atoms. The highest BCUT2D eigenvalue weighted by atomic mass is 16.5. The largest absolute Gasteiger partial charge is 0.494 e. The minimum absolute atomic E-state index is 0.626. The normalized spacial score (nSPS) is 23.7. The molecule has 118 valence electrons. The Morgan fingerprint density at radius 2 is 1.86 bits per heavy atom. The Morgan fingerprint density at radius 1 is 1.14 bits per heavy atom. The second kappa shape index (κ2) is 9.09. The maximum Gasteiger partial charge on any atom is 0.119 e. The second-order valence-electron chi connectivity index (χ2n) is 6.53. The molecule has 0 bridgehead atoms. The minimum Gasteiger partial charge on any atom is -0.494 e. The van der Waals surface area contributed by atoms with Crippen molar-refractivity contribution in [3.63, 3.8) is 0 Å². The Labute approximate surface area is 130 Å². The van der Waals surface area contributed by atoms with Crippen molar-refractivity contribution in [3.8, 4) is 5.75 Å². The smallest absolute Gasteiger partial charge is 0.119 e. The Balaban J connectivity index is 1.78. The van der Waals surface area contributed by atoms with Gasteiger partial charge in [0.25, 0.3) is 0 Å². The van der Waals surface area contributed by atoms with Crippen LogP contribution in [0.4, 0.5) is 0 Å². The zero-order valence-corrected chi connectivity index (χ0v) is 13.7. The third kappa shape index (κ3) is 5.70. The summed E-state index contributed by atoms with van der Waals surface area (Å²) in [7, 11) is 0. The Kier molecular flexibility index (Phi) is 7.08. The van der Waals surface area contributed by atoms with Crippen LogP contribution in [0.1, 0.15) is 52.4 Å². The summed E-state index contributed by atoms with van der Waals surface area (Å²) in [6.45, 7) is 6.58. The van der Waals surface area contributed by atoms with Gasteiger partial charge in [-0.2, -0.15) is 0 Å². The van der Waals surface area contributed by atoms with Gasteiger partial charge in [-0.1, -0.05) is 44.9 Å². The van der Waals surface area contributed by atoms with E-state index in [2.05, 4.69) is 19.2 Å². The van der Waals surface area contributed by atoms with Gasteiger partial charge in [-0.3, -0.25) is 0 Å². The van der Waals surface area contributed by atoms with Crippen LogP contribution in [0.15, 0.2) is 30.3 Å². The van der Waals surface area contributed by atoms with Crippen molar-refractivity contribution in [2.75, 3.05) is 13.2 Å². The van der Waals surface area contributed by atoms with Gasteiger partial charge in [0.05, 0.1) is 6.61 Å². The van der Waals surface area contributed by atoms with E-state index in [9.17, 15) is 0 Å². The summed E-state index contributed by atoms with van der Waals surface area (Å²) in [6.07, 6.45) is 7.89. The van der Waals surface area contributed by atoms with Crippen LogP contribution in [0.2, 0.25) is 0 Å². The molecular weight excluding hydrogens is 258 g/mol. The molecule has 1 aromatic carbocycles. The van der Waals surface area contributed by atoms with Gasteiger partial charge in [0.15, 0.2) is 0 Å². The van der Waals surface area contributed by atoms with Crippen LogP contribution in [-0.2, 0) is 0 Å². The summed E-state index contributed by atoms with van der Waals surface area (Å²) in [4.78, 5) is 0. The van der Waals surface area contributed by atoms with E-state index in [-0.39, 0.29) is 0 Å². The van der Waals surface area contributed by atoms with Gasteiger partial charge in [0.1, 0.15) is 5.75 Å². The molecule has 1 unspecified atom stereocenters. The molecule has 1 aliphatic rings. The van der Waals surface area contributed by atoms with Gasteiger partial charge in [-0.05, 0) is 56.2 Å². The Hall–Kier alpha value is -1.02. The quantitative estimate of drug-likeness (QED) is 0.752. The predicted octanol–water partition coefficient (Wildman–Crippen LogP) is 4.65. The second-order valence-corrected chi connectivity index (χ2v) is 6.53. The Morgan fingerprint density at radius 3 is 2.52 bits per heavy atom. The van der Waals surface area contributed by atoms with E-state index in [1.165, 1.54) is 32.1 Å². The summed E-state index contributed by atoms with van der Waals surface area (Å²) in [5.41, 5.74) is 0. The van der Waals surface area contributed by atoms with Gasteiger partial charge < -0.3 is 10.1 Å². The molecule has 1 atom stereocenters. The molecule has 1 aliphatic carbocycles. The molecule has 2 nitrogen and oxygen atoms in total. The lowest BCUT2D eigenvalue weighted by Crippen LogP contribution is -2.39. The third-order valence-corrected chi connectivity index (χ3v) is 4.73. The molecular formula is C19H31NO. The number of hydrogen-bond donors (Lipinski definition) is 1. The number of para-hydroxylation sites is 1. The molecule has 1 saturated carbocycles. The van der Waals surface area contributed by atoms with E-state index in [1.54, 1.807) is 0 Å². The average molecular weight is 289 g/mol. The predicted molar refractivity (Wildman–Crippen MR) is 89.8 cm³/mol. The van der Waals surface area contributed by atoms with Crippen LogP contribution < -0.4 is 10.1 Å². The lowest BCUT2D eigenvalue weighted by Gasteiger charge is -2.33. The molecule has 0 aromatic heterocycles. The van der Waals surface area contributed by atoms with Crippen molar-refractivity contribution < 1.29 is 4.74 Å². The number of rotatable bonds is 8. The van der Waals surface area contributed by atoms with E-state index in [4.69, 9.17) is 4.74 Å². The maximum absolute atomic E-state index is 5.89. The summed E-state index contributed by atoms with van der Waals surface area (Å²) < 4.78 is 5.89. The first kappa shape index (κ1) is 16.4. The highest BCUT2D eigenvalue weighted by Gasteiger charge is 2.25. The van der Waals surface area contributed by atoms with Crippen molar-refractivity contribution in [2.45, 2.75) is 58.4 Å². The lowest BCUT2D eigenvalue weighted by atomic mass is 9.78. The zero-order valence-electron chi connectivity index (χ0n) is 13.7. The third-order valence-electron chi connectivity index (χ3n) is 4.73. The molecule has 0 amide bonds. The van der Waals surface area contributed by atoms with E-state index >= 15 is 0 Å². The number of hydrogen-bond acceptors (Lipinski definition) is 2. The first-order valence-corrected chi connectivity index (χ1v) is 8.70. The van der Waals surface area contributed by atoms with Crippen LogP contribution in [0.5, 0.6) is 5.75 Å². The van der Waals surface area contributed by atoms with E-state index in [1.807, 2.05) is 30.3 Å². The van der Waals surface area contributed by atoms with Crippen LogP contribution in [-0.4, -0.2) is 19.2 Å². The van der Waals surface area contributed by atoms with E-state index in [0.29, 0.717) is 6.04 Å². The molecule has 2 rings (SSSR count). The molecule has 0 spiro atoms. The minimum atomic E-state index is 0.626. The van der Waals surface area contributed by atoms with Crippen molar-refractivity contribution in [2.24, 2.45) is 11.8 Å². The van der Waals surface area contributed by atoms with Crippen molar-refractivity contribution in [3.05, 3.63) is 30.3 Å². The van der Waals surface area contributed by atoms with Crippen LogP contribution in [0, 0.1) is 11.8 Å². The zero-order chi connectivity index (χ0) is 14.9. The van der Waals surface area contributed by atoms with Gasteiger partial charge in [0.2, 0.25) is 0 Å². The molecule has 2 heteroatoms. The fraction of sp³-hybridized carbons (Fsp3) is 0.684. The molecule has 0 radical (unpaired) electrons. The first-order chi connectivity index (χ1) is 10.3. The lowest BCUT2D eigenvalue weighted by molar-refractivity contribution is 0.197. The highest BCUT2D eigenvalue weighted by Crippen LogP contribution is 2.31. The molecule has 1 aromatic rings. The van der Waals surface area contributed by atoms with Crippen LogP contribution >= 0.6 is 0 Å². The molecule has 0 heterocycles. The summed E-state index contributed by atoms with van der Waals surface area (Å²) in [5, 5.41) is 3.76. The van der Waals surface area contributed by atoms with E-state index < -0.39 is 0 Å². The summed E-state index contributed by atoms with van der Waals surface area (Å²) in [5.74, 6) is 2.75. The van der Waals surface area contributed by atoms with Gasteiger partial charge in [-0.15, -0.1) is 0 Å². The number of benzene rings is 1. The summed E-state index contributed by atoms with van der Waals surface area (Å²) >= 11 is 0. The van der Waals surface area contributed by atoms with Crippen LogP contribution in [0.3, 0.4) is 0 Å². The van der Waals surface area contributed by atoms with Gasteiger partial charge >= 0.3 is 0 Å². The SMILES string of the molecule is CCCNC(CCOc1ccccc1)C1CCC(C)CC1. The molecule has 0 aliphatic heterocycles. The standard InChI is InChI=1S/C19H31NO/c1-3-14-20-19(17-11-9-16(2)10-12-17)13-15-21-18-7-5-4-6-8-18/h4-8,16-17,19-20H,3,9-15H2,1-2H3. The summed E-state index contributed by atoms with van der Waals surface area (Å²) in [6, 6.07) is 10.8. The molecule has 0 saturated heterocycles. The maximum atomic E-state index is 5.89. The van der Waals surface area contributed by atoms with Crippen LogP contribution in [0.25, 0.3) is 0 Å². The number of nitrogens with one attached hydrogen (secondary N) is 1. The van der Waals surface area contributed by atoms with Crippen molar-refractivity contribution in [1.82, 2.24) is 5.32 Å². The molecule has 1 N–H and O–H groups in total. The highest BCUT2D eigenvalue weighted by molar-refractivity contribution is 5.20. The van der Waals surface area contributed by atoms with Gasteiger partial charge in [0, 0.05) is 6.04 Å². The van der Waals surface area contributed by atoms with Crippen molar-refractivity contribution in [1.29, 1.82) is 0 Å². The van der Waals surface area contributed by atoms with Crippen molar-refractivity contribution >= 4 is 0 Å². The fourth-order valence-electron chi connectivity index (χ4n) is 3.34. The average Bonchev–Trinajstić information content (AvgIpc) is 2.53.